The first-order chi connectivity index (χ1) is 14.1. The molecule has 2 aliphatic rings. The highest BCUT2D eigenvalue weighted by molar-refractivity contribution is 7.19. The molecule has 3 heterocycles. The summed E-state index contributed by atoms with van der Waals surface area (Å²) in [7, 11) is 0. The van der Waals surface area contributed by atoms with E-state index in [9.17, 15) is 4.79 Å². The van der Waals surface area contributed by atoms with Crippen molar-refractivity contribution in [2.75, 3.05) is 18.4 Å². The first kappa shape index (κ1) is 19.8. The zero-order valence-corrected chi connectivity index (χ0v) is 17.8. The van der Waals surface area contributed by atoms with Crippen molar-refractivity contribution in [3.63, 3.8) is 0 Å². The van der Waals surface area contributed by atoms with Crippen LogP contribution in [0.2, 0.25) is 0 Å². The average molecular weight is 410 g/mol. The van der Waals surface area contributed by atoms with Gasteiger partial charge in [0, 0.05) is 18.1 Å². The lowest BCUT2D eigenvalue weighted by atomic mass is 9.94. The van der Waals surface area contributed by atoms with Gasteiger partial charge in [-0.25, -0.2) is 4.98 Å². The Morgan fingerprint density at radius 2 is 2.14 bits per heavy atom. The van der Waals surface area contributed by atoms with Crippen LogP contribution in [0, 0.1) is 0 Å². The second-order valence-electron chi connectivity index (χ2n) is 7.43. The predicted octanol–water partition coefficient (Wildman–Crippen LogP) is 4.13. The number of nitrogens with one attached hydrogen (secondary N) is 2. The Labute approximate surface area is 175 Å². The van der Waals surface area contributed by atoms with E-state index in [1.54, 1.807) is 11.3 Å². The van der Waals surface area contributed by atoms with E-state index >= 15 is 0 Å². The first-order valence-electron chi connectivity index (χ1n) is 10.2. The van der Waals surface area contributed by atoms with E-state index in [0.717, 1.165) is 60.6 Å². The van der Waals surface area contributed by atoms with E-state index in [2.05, 4.69) is 33.0 Å². The lowest BCUT2D eigenvalue weighted by Gasteiger charge is -2.25. The molecule has 4 rings (SSSR count). The van der Waals surface area contributed by atoms with Crippen molar-refractivity contribution in [2.24, 2.45) is 0 Å². The Kier molecular flexibility index (Phi) is 5.78. The van der Waals surface area contributed by atoms with Gasteiger partial charge in [0.1, 0.15) is 0 Å². The summed E-state index contributed by atoms with van der Waals surface area (Å²) in [5.74, 6) is -0.0906. The molecule has 0 spiro atoms. The van der Waals surface area contributed by atoms with E-state index in [1.807, 2.05) is 25.2 Å². The summed E-state index contributed by atoms with van der Waals surface area (Å²) in [6.45, 7) is 9.56. The molecular weight excluding hydrogens is 382 g/mol. The largest absolute Gasteiger partial charge is 0.317 e. The number of hydrogen-bond donors (Lipinski definition) is 2. The van der Waals surface area contributed by atoms with Crippen LogP contribution < -0.4 is 10.6 Å². The SMILES string of the molecule is C=C/C(=C\C=C/C)c1nn(C2CCNCC2)c2c1CCc1nc(NC(C)=O)sc1-2. The van der Waals surface area contributed by atoms with Gasteiger partial charge in [0.05, 0.1) is 28.0 Å². The highest BCUT2D eigenvalue weighted by atomic mass is 32.1. The minimum atomic E-state index is -0.0906. The van der Waals surface area contributed by atoms with Crippen molar-refractivity contribution in [1.29, 1.82) is 0 Å². The normalized spacial score (nSPS) is 17.2. The fraction of sp³-hybridized carbons (Fsp3) is 0.409. The minimum absolute atomic E-state index is 0.0906. The molecule has 2 aromatic rings. The van der Waals surface area contributed by atoms with Crippen LogP contribution in [0.4, 0.5) is 5.13 Å². The number of anilines is 1. The van der Waals surface area contributed by atoms with Crippen LogP contribution in [-0.2, 0) is 17.6 Å². The zero-order chi connectivity index (χ0) is 20.4. The quantitative estimate of drug-likeness (QED) is 0.728. The molecular formula is C22H27N5OS. The zero-order valence-electron chi connectivity index (χ0n) is 17.0. The van der Waals surface area contributed by atoms with Gasteiger partial charge in [0.25, 0.3) is 0 Å². The van der Waals surface area contributed by atoms with Gasteiger partial charge in [-0.3, -0.25) is 9.48 Å². The monoisotopic (exact) mass is 409 g/mol. The summed E-state index contributed by atoms with van der Waals surface area (Å²) < 4.78 is 2.23. The first-order valence-corrected chi connectivity index (χ1v) is 11.0. The molecule has 0 radical (unpaired) electrons. The molecule has 152 valence electrons. The molecule has 0 aromatic carbocycles. The Morgan fingerprint density at radius 1 is 1.34 bits per heavy atom. The van der Waals surface area contributed by atoms with Crippen LogP contribution in [-0.4, -0.2) is 33.8 Å². The molecule has 7 heteroatoms. The van der Waals surface area contributed by atoms with Crippen molar-refractivity contribution in [2.45, 2.75) is 45.6 Å². The van der Waals surface area contributed by atoms with Gasteiger partial charge in [-0.1, -0.05) is 42.2 Å². The maximum Gasteiger partial charge on any atom is 0.223 e. The number of thiazole rings is 1. The van der Waals surface area contributed by atoms with Gasteiger partial charge >= 0.3 is 0 Å². The van der Waals surface area contributed by atoms with Crippen molar-refractivity contribution in [3.05, 3.63) is 47.8 Å². The number of aryl methyl sites for hydroxylation is 1. The molecule has 1 aliphatic carbocycles. The minimum Gasteiger partial charge on any atom is -0.317 e. The molecule has 6 nitrogen and oxygen atoms in total. The third-order valence-corrected chi connectivity index (χ3v) is 6.45. The summed E-state index contributed by atoms with van der Waals surface area (Å²) in [4.78, 5) is 17.4. The van der Waals surface area contributed by atoms with E-state index < -0.39 is 0 Å². The van der Waals surface area contributed by atoms with Crippen LogP contribution in [0.5, 0.6) is 0 Å². The summed E-state index contributed by atoms with van der Waals surface area (Å²) in [6.07, 6.45) is 11.9. The summed E-state index contributed by atoms with van der Waals surface area (Å²) in [6, 6.07) is 0.365. The lowest BCUT2D eigenvalue weighted by molar-refractivity contribution is -0.114. The number of carbonyl (C=O) groups excluding carboxylic acids is 1. The van der Waals surface area contributed by atoms with Crippen molar-refractivity contribution >= 4 is 27.9 Å². The van der Waals surface area contributed by atoms with Crippen LogP contribution in [0.1, 0.15) is 49.7 Å². The number of amides is 1. The summed E-state index contributed by atoms with van der Waals surface area (Å²) >= 11 is 1.56. The number of fused-ring (bicyclic) bond motifs is 3. The topological polar surface area (TPSA) is 71.8 Å². The molecule has 1 fully saturated rings. The fourth-order valence-corrected chi connectivity index (χ4v) is 5.21. The number of piperidine rings is 1. The molecule has 2 aromatic heterocycles. The third-order valence-electron chi connectivity index (χ3n) is 5.43. The van der Waals surface area contributed by atoms with Crippen LogP contribution >= 0.6 is 11.3 Å². The van der Waals surface area contributed by atoms with E-state index in [1.165, 1.54) is 18.2 Å². The van der Waals surface area contributed by atoms with Gasteiger partial charge in [0.2, 0.25) is 5.91 Å². The van der Waals surface area contributed by atoms with Crippen LogP contribution in [0.15, 0.2) is 30.9 Å². The smallest absolute Gasteiger partial charge is 0.223 e. The summed E-state index contributed by atoms with van der Waals surface area (Å²) in [5.41, 5.74) is 5.57. The van der Waals surface area contributed by atoms with Gasteiger partial charge in [-0.2, -0.15) is 5.10 Å². The number of hydrogen-bond acceptors (Lipinski definition) is 5. The highest BCUT2D eigenvalue weighted by Gasteiger charge is 2.32. The lowest BCUT2D eigenvalue weighted by Crippen LogP contribution is -2.30. The van der Waals surface area contributed by atoms with E-state index in [0.29, 0.717) is 11.2 Å². The molecule has 1 aliphatic heterocycles. The molecule has 0 atom stereocenters. The molecule has 1 amide bonds. The number of aromatic nitrogens is 3. The standard InChI is InChI=1S/C22H27N5OS/c1-4-6-7-15(5-2)19-17-8-9-18-21(29-22(25-18)24-14(3)28)20(17)27(26-19)16-10-12-23-13-11-16/h4-7,16,23H,2,8-13H2,1,3H3,(H,24,25,28)/b6-4-,15-7+. The highest BCUT2D eigenvalue weighted by Crippen LogP contribution is 2.44. The van der Waals surface area contributed by atoms with Crippen molar-refractivity contribution < 1.29 is 4.79 Å². The van der Waals surface area contributed by atoms with Crippen molar-refractivity contribution in [1.82, 2.24) is 20.1 Å². The summed E-state index contributed by atoms with van der Waals surface area (Å²) in [5, 5.41) is 12.1. The third kappa shape index (κ3) is 3.84. The van der Waals surface area contributed by atoms with Gasteiger partial charge in [0.15, 0.2) is 5.13 Å². The maximum absolute atomic E-state index is 11.5. The molecule has 2 N–H and O–H groups in total. The Morgan fingerprint density at radius 3 is 2.83 bits per heavy atom. The number of carbonyl (C=O) groups is 1. The number of allylic oxidation sites excluding steroid dienone is 5. The molecule has 1 saturated heterocycles. The van der Waals surface area contributed by atoms with Crippen LogP contribution in [0.25, 0.3) is 16.1 Å². The molecule has 0 unspecified atom stereocenters. The second kappa shape index (κ2) is 8.47. The van der Waals surface area contributed by atoms with Gasteiger partial charge in [-0.15, -0.1) is 0 Å². The molecule has 0 saturated carbocycles. The molecule has 0 bridgehead atoms. The van der Waals surface area contributed by atoms with Crippen molar-refractivity contribution in [3.8, 4) is 10.6 Å². The van der Waals surface area contributed by atoms with Gasteiger partial charge in [-0.05, 0) is 45.7 Å². The Balaban J connectivity index is 1.87. The number of nitrogens with zero attached hydrogens (tertiary/aromatic N) is 3. The Bertz CT molecular complexity index is 991. The van der Waals surface area contributed by atoms with Gasteiger partial charge < -0.3 is 10.6 Å². The van der Waals surface area contributed by atoms with Crippen LogP contribution in [0.3, 0.4) is 0 Å². The second-order valence-corrected chi connectivity index (χ2v) is 8.43. The van der Waals surface area contributed by atoms with E-state index in [-0.39, 0.29) is 5.91 Å². The predicted molar refractivity (Wildman–Crippen MR) is 119 cm³/mol. The number of rotatable bonds is 5. The maximum atomic E-state index is 11.5. The average Bonchev–Trinajstić information content (AvgIpc) is 3.30. The molecule has 29 heavy (non-hydrogen) atoms. The van der Waals surface area contributed by atoms with E-state index in [4.69, 9.17) is 5.10 Å². The Hall–Kier alpha value is -2.51. The fourth-order valence-electron chi connectivity index (χ4n) is 4.09.